The first-order valence-electron chi connectivity index (χ1n) is 12.6. The van der Waals surface area contributed by atoms with E-state index in [2.05, 4.69) is 5.32 Å². The van der Waals surface area contributed by atoms with E-state index >= 15 is 0 Å². The molecule has 10 heteroatoms. The molecule has 0 heterocycles. The van der Waals surface area contributed by atoms with Gasteiger partial charge in [-0.3, -0.25) is 13.9 Å². The van der Waals surface area contributed by atoms with E-state index in [9.17, 15) is 22.4 Å². The fraction of sp³-hybridized carbons (Fsp3) is 0.310. The molecule has 0 spiro atoms. The maximum atomic E-state index is 13.8. The fourth-order valence-corrected chi connectivity index (χ4v) is 5.25. The zero-order chi connectivity index (χ0) is 28.6. The summed E-state index contributed by atoms with van der Waals surface area (Å²) in [5.74, 6) is -0.655. The van der Waals surface area contributed by atoms with Gasteiger partial charge in [0.1, 0.15) is 24.2 Å². The zero-order valence-electron chi connectivity index (χ0n) is 22.5. The van der Waals surface area contributed by atoms with Crippen LogP contribution in [0.25, 0.3) is 0 Å². The Kier molecular flexibility index (Phi) is 10.1. The van der Waals surface area contributed by atoms with Gasteiger partial charge in [0.2, 0.25) is 11.8 Å². The number of halogens is 1. The zero-order valence-corrected chi connectivity index (χ0v) is 23.3. The highest BCUT2D eigenvalue weighted by Gasteiger charge is 2.32. The van der Waals surface area contributed by atoms with E-state index in [-0.39, 0.29) is 29.0 Å². The average Bonchev–Trinajstić information content (AvgIpc) is 2.94. The van der Waals surface area contributed by atoms with Crippen LogP contribution in [-0.4, -0.2) is 51.4 Å². The van der Waals surface area contributed by atoms with Crippen molar-refractivity contribution in [1.82, 2.24) is 10.2 Å². The molecule has 1 N–H and O–H groups in total. The standard InChI is InChI=1S/C29H34FN3O5S/c1-21(2)18-31-29(35)22(3)32(19-23-10-16-26(38-4)17-11-23)28(34)20-33(25-14-12-24(30)13-15-25)39(36,37)27-8-6-5-7-9-27/h5-17,21-22H,18-20H2,1-4H3,(H,31,35)/t22-/m1/s1. The molecule has 0 unspecified atom stereocenters. The van der Waals surface area contributed by atoms with Crippen LogP contribution in [0.2, 0.25) is 0 Å². The van der Waals surface area contributed by atoms with Crippen LogP contribution in [0.15, 0.2) is 83.8 Å². The van der Waals surface area contributed by atoms with Crippen LogP contribution in [0.5, 0.6) is 5.75 Å². The van der Waals surface area contributed by atoms with E-state index in [4.69, 9.17) is 4.74 Å². The van der Waals surface area contributed by atoms with Crippen molar-refractivity contribution < 1.29 is 27.1 Å². The summed E-state index contributed by atoms with van der Waals surface area (Å²) >= 11 is 0. The second-order valence-corrected chi connectivity index (χ2v) is 11.3. The average molecular weight is 556 g/mol. The Morgan fingerprint density at radius 1 is 0.923 bits per heavy atom. The van der Waals surface area contributed by atoms with Gasteiger partial charge < -0.3 is 15.0 Å². The van der Waals surface area contributed by atoms with Gasteiger partial charge in [-0.15, -0.1) is 0 Å². The van der Waals surface area contributed by atoms with Gasteiger partial charge in [0, 0.05) is 13.1 Å². The first-order valence-corrected chi connectivity index (χ1v) is 14.0. The van der Waals surface area contributed by atoms with Gasteiger partial charge >= 0.3 is 0 Å². The molecule has 39 heavy (non-hydrogen) atoms. The summed E-state index contributed by atoms with van der Waals surface area (Å²) in [7, 11) is -2.65. The molecule has 0 aliphatic carbocycles. The van der Waals surface area contributed by atoms with Crippen LogP contribution >= 0.6 is 0 Å². The molecule has 0 bridgehead atoms. The van der Waals surface area contributed by atoms with Gasteiger partial charge in [0.05, 0.1) is 17.7 Å². The summed E-state index contributed by atoms with van der Waals surface area (Å²) in [5.41, 5.74) is 0.849. The van der Waals surface area contributed by atoms with Crippen molar-refractivity contribution in [3.05, 3.63) is 90.2 Å². The number of nitrogens with one attached hydrogen (secondary N) is 1. The normalized spacial score (nSPS) is 12.1. The van der Waals surface area contributed by atoms with Crippen LogP contribution in [0.4, 0.5) is 10.1 Å². The molecule has 8 nitrogen and oxygen atoms in total. The number of rotatable bonds is 12. The lowest BCUT2D eigenvalue weighted by Crippen LogP contribution is -2.51. The first-order chi connectivity index (χ1) is 18.5. The van der Waals surface area contributed by atoms with Crippen LogP contribution < -0.4 is 14.4 Å². The Bertz CT molecular complexity index is 1350. The lowest BCUT2D eigenvalue weighted by molar-refractivity contribution is -0.139. The molecule has 0 aromatic heterocycles. The third kappa shape index (κ3) is 7.79. The molecular weight excluding hydrogens is 521 g/mol. The van der Waals surface area contributed by atoms with Gasteiger partial charge in [-0.25, -0.2) is 12.8 Å². The number of nitrogens with zero attached hydrogens (tertiary/aromatic N) is 2. The van der Waals surface area contributed by atoms with Gasteiger partial charge in [0.25, 0.3) is 10.0 Å². The van der Waals surface area contributed by atoms with E-state index in [1.807, 2.05) is 13.8 Å². The minimum absolute atomic E-state index is 0.0217. The smallest absolute Gasteiger partial charge is 0.264 e. The minimum atomic E-state index is -4.20. The van der Waals surface area contributed by atoms with Crippen molar-refractivity contribution in [3.63, 3.8) is 0 Å². The second kappa shape index (κ2) is 13.2. The van der Waals surface area contributed by atoms with Crippen LogP contribution in [-0.2, 0) is 26.2 Å². The van der Waals surface area contributed by atoms with E-state index in [1.54, 1.807) is 56.5 Å². The molecule has 3 aromatic rings. The molecule has 0 radical (unpaired) electrons. The summed E-state index contributed by atoms with van der Waals surface area (Å²) < 4.78 is 47.1. The predicted octanol–water partition coefficient (Wildman–Crippen LogP) is 4.22. The summed E-state index contributed by atoms with van der Waals surface area (Å²) in [6.45, 7) is 5.41. The number of carbonyl (C=O) groups is 2. The van der Waals surface area contributed by atoms with E-state index in [0.29, 0.717) is 12.3 Å². The van der Waals surface area contributed by atoms with Gasteiger partial charge in [-0.05, 0) is 66.9 Å². The molecule has 3 rings (SSSR count). The molecule has 0 aliphatic rings. The van der Waals surface area contributed by atoms with Crippen molar-refractivity contribution >= 4 is 27.5 Å². The number of anilines is 1. The molecule has 2 amide bonds. The monoisotopic (exact) mass is 555 g/mol. The second-order valence-electron chi connectivity index (χ2n) is 9.49. The van der Waals surface area contributed by atoms with Crippen molar-refractivity contribution in [2.75, 3.05) is 24.5 Å². The third-order valence-electron chi connectivity index (χ3n) is 6.09. The lowest BCUT2D eigenvalue weighted by Gasteiger charge is -2.32. The SMILES string of the molecule is COc1ccc(CN(C(=O)CN(c2ccc(F)cc2)S(=O)(=O)c2ccccc2)[C@H](C)C(=O)NCC(C)C)cc1. The highest BCUT2D eigenvalue weighted by molar-refractivity contribution is 7.92. The Morgan fingerprint density at radius 2 is 1.54 bits per heavy atom. The highest BCUT2D eigenvalue weighted by Crippen LogP contribution is 2.25. The summed E-state index contributed by atoms with van der Waals surface area (Å²) in [4.78, 5) is 28.1. The number of benzene rings is 3. The molecule has 0 aliphatic heterocycles. The predicted molar refractivity (Wildman–Crippen MR) is 148 cm³/mol. The largest absolute Gasteiger partial charge is 0.497 e. The highest BCUT2D eigenvalue weighted by atomic mass is 32.2. The quantitative estimate of drug-likeness (QED) is 0.361. The van der Waals surface area contributed by atoms with E-state index in [1.165, 1.54) is 29.2 Å². The molecule has 208 valence electrons. The summed E-state index contributed by atoms with van der Waals surface area (Å²) in [6, 6.07) is 18.7. The summed E-state index contributed by atoms with van der Waals surface area (Å²) in [5, 5.41) is 2.84. The third-order valence-corrected chi connectivity index (χ3v) is 7.88. The molecule has 0 saturated heterocycles. The topological polar surface area (TPSA) is 96.0 Å². The number of sulfonamides is 1. The van der Waals surface area contributed by atoms with Crippen molar-refractivity contribution in [3.8, 4) is 5.75 Å². The Morgan fingerprint density at radius 3 is 2.10 bits per heavy atom. The molecule has 0 fully saturated rings. The Labute approximate surface area is 229 Å². The van der Waals surface area contributed by atoms with Gasteiger partial charge in [-0.2, -0.15) is 0 Å². The van der Waals surface area contributed by atoms with Crippen molar-refractivity contribution in [1.29, 1.82) is 0 Å². The molecule has 0 saturated carbocycles. The minimum Gasteiger partial charge on any atom is -0.497 e. The van der Waals surface area contributed by atoms with Gasteiger partial charge in [0.15, 0.2) is 0 Å². The number of ether oxygens (including phenoxy) is 1. The number of hydrogen-bond acceptors (Lipinski definition) is 5. The first kappa shape index (κ1) is 29.6. The number of amides is 2. The van der Waals surface area contributed by atoms with Crippen LogP contribution in [0.1, 0.15) is 26.3 Å². The molecule has 3 aromatic carbocycles. The van der Waals surface area contributed by atoms with Crippen LogP contribution in [0, 0.1) is 11.7 Å². The number of carbonyl (C=O) groups excluding carboxylic acids is 2. The number of methoxy groups -OCH3 is 1. The van der Waals surface area contributed by atoms with Gasteiger partial charge in [-0.1, -0.05) is 44.2 Å². The van der Waals surface area contributed by atoms with Crippen LogP contribution in [0.3, 0.4) is 0 Å². The molecule has 1 atom stereocenters. The Balaban J connectivity index is 1.98. The van der Waals surface area contributed by atoms with E-state index in [0.717, 1.165) is 22.0 Å². The fourth-order valence-electron chi connectivity index (χ4n) is 3.82. The lowest BCUT2D eigenvalue weighted by atomic mass is 10.1. The maximum Gasteiger partial charge on any atom is 0.264 e. The summed E-state index contributed by atoms with van der Waals surface area (Å²) in [6.07, 6.45) is 0. The van der Waals surface area contributed by atoms with E-state index < -0.39 is 34.3 Å². The van der Waals surface area contributed by atoms with Crippen molar-refractivity contribution in [2.24, 2.45) is 5.92 Å². The molecular formula is C29H34FN3O5S. The Hall–Kier alpha value is -3.92. The van der Waals surface area contributed by atoms with Crippen molar-refractivity contribution in [2.45, 2.75) is 38.3 Å². The maximum absolute atomic E-state index is 13.8. The number of hydrogen-bond donors (Lipinski definition) is 1.